The Kier molecular flexibility index (Phi) is 5.76. The number of nitrogens with zero attached hydrogens (tertiary/aromatic N) is 2. The smallest absolute Gasteiger partial charge is 0.234 e. The van der Waals surface area contributed by atoms with Crippen molar-refractivity contribution in [2.45, 2.75) is 13.5 Å². The number of hydrogen-bond donors (Lipinski definition) is 1. The highest BCUT2D eigenvalue weighted by Crippen LogP contribution is 1.97. The van der Waals surface area contributed by atoms with Gasteiger partial charge in [0.15, 0.2) is 0 Å². The number of hydrogen-bond acceptors (Lipinski definition) is 3. The molecule has 4 nitrogen and oxygen atoms in total. The summed E-state index contributed by atoms with van der Waals surface area (Å²) in [4.78, 5) is 13.4. The predicted molar refractivity (Wildman–Crippen MR) is 66.0 cm³/mol. The first-order valence-corrected chi connectivity index (χ1v) is 5.66. The third-order valence-corrected chi connectivity index (χ3v) is 2.44. The van der Waals surface area contributed by atoms with E-state index in [0.29, 0.717) is 13.1 Å². The van der Waals surface area contributed by atoms with E-state index in [-0.39, 0.29) is 19.0 Å². The summed E-state index contributed by atoms with van der Waals surface area (Å²) in [5.74, 6) is -0.0500. The molecule has 1 aromatic rings. The molecule has 0 bridgehead atoms. The largest absolute Gasteiger partial charge is 0.351 e. The van der Waals surface area contributed by atoms with E-state index in [1.165, 1.54) is 0 Å². The second-order valence-electron chi connectivity index (χ2n) is 3.72. The molecule has 0 unspecified atom stereocenters. The minimum absolute atomic E-state index is 0.0500. The highest BCUT2D eigenvalue weighted by molar-refractivity contribution is 5.78. The van der Waals surface area contributed by atoms with Crippen LogP contribution in [0.2, 0.25) is 0 Å². The Bertz CT molecular complexity index is 383. The first kappa shape index (κ1) is 13.2. The van der Waals surface area contributed by atoms with Crippen molar-refractivity contribution in [2.75, 3.05) is 19.6 Å². The van der Waals surface area contributed by atoms with Crippen molar-refractivity contribution in [3.8, 4) is 6.07 Å². The van der Waals surface area contributed by atoms with Gasteiger partial charge in [0.1, 0.15) is 0 Å². The fourth-order valence-corrected chi connectivity index (χ4v) is 1.44. The zero-order valence-electron chi connectivity index (χ0n) is 10.0. The Morgan fingerprint density at radius 1 is 1.41 bits per heavy atom. The van der Waals surface area contributed by atoms with Crippen molar-refractivity contribution in [3.63, 3.8) is 0 Å². The predicted octanol–water partition coefficient (Wildman–Crippen LogP) is 1.15. The Morgan fingerprint density at radius 3 is 2.71 bits per heavy atom. The summed E-state index contributed by atoms with van der Waals surface area (Å²) in [7, 11) is 0. The van der Waals surface area contributed by atoms with Crippen LogP contribution in [0.1, 0.15) is 12.5 Å². The van der Waals surface area contributed by atoms with Crippen molar-refractivity contribution in [3.05, 3.63) is 35.9 Å². The molecule has 0 aliphatic heterocycles. The summed E-state index contributed by atoms with van der Waals surface area (Å²) in [5, 5.41) is 11.4. The number of nitriles is 1. The van der Waals surface area contributed by atoms with Gasteiger partial charge >= 0.3 is 0 Å². The average molecular weight is 231 g/mol. The maximum Gasteiger partial charge on any atom is 0.234 e. The van der Waals surface area contributed by atoms with Crippen LogP contribution in [0.5, 0.6) is 0 Å². The summed E-state index contributed by atoms with van der Waals surface area (Å²) >= 11 is 0. The number of carbonyl (C=O) groups is 1. The molecule has 17 heavy (non-hydrogen) atoms. The van der Waals surface area contributed by atoms with Crippen LogP contribution in [0.4, 0.5) is 0 Å². The van der Waals surface area contributed by atoms with Gasteiger partial charge in [-0.25, -0.2) is 0 Å². The number of amides is 1. The van der Waals surface area contributed by atoms with Gasteiger partial charge in [0, 0.05) is 6.54 Å². The number of carbonyl (C=O) groups excluding carboxylic acids is 1. The second-order valence-corrected chi connectivity index (χ2v) is 3.72. The summed E-state index contributed by atoms with van der Waals surface area (Å²) in [5.41, 5.74) is 1.07. The van der Waals surface area contributed by atoms with Gasteiger partial charge in [-0.2, -0.15) is 5.26 Å². The van der Waals surface area contributed by atoms with E-state index in [9.17, 15) is 4.79 Å². The highest BCUT2D eigenvalue weighted by atomic mass is 16.2. The Labute approximate surface area is 102 Å². The zero-order chi connectivity index (χ0) is 12.5. The Balaban J connectivity index is 2.33. The summed E-state index contributed by atoms with van der Waals surface area (Å²) < 4.78 is 0. The van der Waals surface area contributed by atoms with Crippen molar-refractivity contribution in [1.29, 1.82) is 5.26 Å². The molecule has 0 aliphatic rings. The fraction of sp³-hybridized carbons (Fsp3) is 0.385. The minimum atomic E-state index is -0.0500. The lowest BCUT2D eigenvalue weighted by Crippen LogP contribution is -2.37. The van der Waals surface area contributed by atoms with Crippen LogP contribution in [0.25, 0.3) is 0 Å². The van der Waals surface area contributed by atoms with Gasteiger partial charge in [0.25, 0.3) is 0 Å². The fourth-order valence-electron chi connectivity index (χ4n) is 1.44. The molecular weight excluding hydrogens is 214 g/mol. The third-order valence-electron chi connectivity index (χ3n) is 2.44. The topological polar surface area (TPSA) is 56.1 Å². The van der Waals surface area contributed by atoms with Crippen molar-refractivity contribution in [2.24, 2.45) is 0 Å². The first-order chi connectivity index (χ1) is 8.26. The molecule has 0 atom stereocenters. The van der Waals surface area contributed by atoms with Crippen LogP contribution in [-0.4, -0.2) is 30.4 Å². The first-order valence-electron chi connectivity index (χ1n) is 5.66. The van der Waals surface area contributed by atoms with Crippen LogP contribution in [0.15, 0.2) is 30.3 Å². The van der Waals surface area contributed by atoms with Gasteiger partial charge in [-0.05, 0) is 12.1 Å². The van der Waals surface area contributed by atoms with E-state index in [4.69, 9.17) is 5.26 Å². The second kappa shape index (κ2) is 7.42. The van der Waals surface area contributed by atoms with E-state index in [1.807, 2.05) is 43.3 Å². The normalized spacial score (nSPS) is 9.94. The lowest BCUT2D eigenvalue weighted by molar-refractivity contribution is -0.122. The van der Waals surface area contributed by atoms with Gasteiger partial charge in [-0.1, -0.05) is 37.3 Å². The minimum Gasteiger partial charge on any atom is -0.351 e. The third kappa shape index (κ3) is 5.14. The molecule has 1 amide bonds. The van der Waals surface area contributed by atoms with E-state index in [2.05, 4.69) is 5.32 Å². The number of likely N-dealkylation sites (N-methyl/N-ethyl adjacent to an activating group) is 1. The monoisotopic (exact) mass is 231 g/mol. The molecule has 1 N–H and O–H groups in total. The number of benzene rings is 1. The average Bonchev–Trinajstić information content (AvgIpc) is 2.37. The standard InChI is InChI=1S/C13H17N3O/c1-2-16(9-8-14)11-13(17)15-10-12-6-4-3-5-7-12/h3-7H,2,9-11H2,1H3,(H,15,17). The number of rotatable bonds is 6. The molecule has 0 aromatic heterocycles. The maximum atomic E-state index is 11.6. The molecule has 0 spiro atoms. The summed E-state index contributed by atoms with van der Waals surface area (Å²) in [6, 6.07) is 11.8. The highest BCUT2D eigenvalue weighted by Gasteiger charge is 2.07. The van der Waals surface area contributed by atoms with Crippen LogP contribution in [0.3, 0.4) is 0 Å². The zero-order valence-corrected chi connectivity index (χ0v) is 10.0. The Morgan fingerprint density at radius 2 is 2.12 bits per heavy atom. The van der Waals surface area contributed by atoms with Gasteiger partial charge in [-0.3, -0.25) is 9.69 Å². The molecule has 1 aromatic carbocycles. The molecule has 0 saturated carbocycles. The molecule has 90 valence electrons. The molecule has 0 fully saturated rings. The van der Waals surface area contributed by atoms with Gasteiger partial charge in [0.2, 0.25) is 5.91 Å². The molecule has 4 heteroatoms. The van der Waals surface area contributed by atoms with Crippen LogP contribution in [-0.2, 0) is 11.3 Å². The van der Waals surface area contributed by atoms with Crippen LogP contribution in [0, 0.1) is 11.3 Å². The van der Waals surface area contributed by atoms with Crippen molar-refractivity contribution in [1.82, 2.24) is 10.2 Å². The van der Waals surface area contributed by atoms with Crippen LogP contribution >= 0.6 is 0 Å². The molecule has 0 heterocycles. The van der Waals surface area contributed by atoms with Crippen LogP contribution < -0.4 is 5.32 Å². The van der Waals surface area contributed by atoms with E-state index in [1.54, 1.807) is 4.90 Å². The van der Waals surface area contributed by atoms with Gasteiger partial charge in [0.05, 0.1) is 19.2 Å². The van der Waals surface area contributed by atoms with Crippen molar-refractivity contribution < 1.29 is 4.79 Å². The van der Waals surface area contributed by atoms with Gasteiger partial charge < -0.3 is 5.32 Å². The summed E-state index contributed by atoms with van der Waals surface area (Å²) in [6.45, 7) is 3.73. The van der Waals surface area contributed by atoms with E-state index >= 15 is 0 Å². The molecule has 0 saturated heterocycles. The lowest BCUT2D eigenvalue weighted by atomic mass is 10.2. The molecule has 0 radical (unpaired) electrons. The van der Waals surface area contributed by atoms with E-state index < -0.39 is 0 Å². The number of nitrogens with one attached hydrogen (secondary N) is 1. The Hall–Kier alpha value is -1.86. The SMILES string of the molecule is CCN(CC#N)CC(=O)NCc1ccccc1. The molecular formula is C13H17N3O. The molecule has 1 rings (SSSR count). The summed E-state index contributed by atoms with van der Waals surface area (Å²) in [6.07, 6.45) is 0. The molecule has 0 aliphatic carbocycles. The quantitative estimate of drug-likeness (QED) is 0.747. The van der Waals surface area contributed by atoms with Gasteiger partial charge in [-0.15, -0.1) is 0 Å². The van der Waals surface area contributed by atoms with Crippen molar-refractivity contribution >= 4 is 5.91 Å². The maximum absolute atomic E-state index is 11.6. The van der Waals surface area contributed by atoms with E-state index in [0.717, 1.165) is 5.56 Å². The lowest BCUT2D eigenvalue weighted by Gasteiger charge is -2.15.